The van der Waals surface area contributed by atoms with Gasteiger partial charge in [-0.05, 0) is 24.3 Å². The van der Waals surface area contributed by atoms with Crippen LogP contribution in [0.3, 0.4) is 0 Å². The van der Waals surface area contributed by atoms with Crippen LogP contribution in [0.5, 0.6) is 12.0 Å². The molecular formula is C15H14ClN3O2. The second-order valence-corrected chi connectivity index (χ2v) is 4.37. The Kier molecular flexibility index (Phi) is 5.29. The van der Waals surface area contributed by atoms with Crippen LogP contribution in [0, 0.1) is 0 Å². The number of benzene rings is 1. The first-order valence-electron chi connectivity index (χ1n) is 6.22. The fourth-order valence-corrected chi connectivity index (χ4v) is 1.59. The average Bonchev–Trinajstić information content (AvgIpc) is 2.51. The van der Waals surface area contributed by atoms with Crippen LogP contribution >= 0.6 is 11.6 Å². The molecule has 2 aromatic rings. The molecule has 1 heterocycles. The van der Waals surface area contributed by atoms with Crippen molar-refractivity contribution in [2.24, 2.45) is 0 Å². The van der Waals surface area contributed by atoms with E-state index in [1.807, 2.05) is 12.1 Å². The Morgan fingerprint density at radius 2 is 1.43 bits per heavy atom. The van der Waals surface area contributed by atoms with Crippen molar-refractivity contribution in [2.45, 2.75) is 0 Å². The predicted molar refractivity (Wildman–Crippen MR) is 81.7 cm³/mol. The topological polar surface area (TPSA) is 57.1 Å². The Morgan fingerprint density at radius 3 is 1.90 bits per heavy atom. The van der Waals surface area contributed by atoms with Gasteiger partial charge in [0, 0.05) is 10.6 Å². The van der Waals surface area contributed by atoms with Crippen LogP contribution in [-0.4, -0.2) is 28.2 Å². The lowest BCUT2D eigenvalue weighted by Crippen LogP contribution is -2.05. The third-order valence-corrected chi connectivity index (χ3v) is 2.61. The van der Waals surface area contributed by atoms with E-state index in [1.54, 1.807) is 24.3 Å². The Hall–Kier alpha value is -2.40. The smallest absolute Gasteiger partial charge is 0.323 e. The summed E-state index contributed by atoms with van der Waals surface area (Å²) >= 11 is 5.87. The molecule has 0 aliphatic rings. The molecule has 2 rings (SSSR count). The normalized spacial score (nSPS) is 9.95. The molecule has 0 unspecified atom stereocenters. The van der Waals surface area contributed by atoms with Gasteiger partial charge in [-0.3, -0.25) is 0 Å². The van der Waals surface area contributed by atoms with Gasteiger partial charge in [-0.1, -0.05) is 36.9 Å². The van der Waals surface area contributed by atoms with Gasteiger partial charge in [0.25, 0.3) is 0 Å². The van der Waals surface area contributed by atoms with Gasteiger partial charge in [-0.15, -0.1) is 4.98 Å². The zero-order chi connectivity index (χ0) is 15.1. The molecule has 0 radical (unpaired) electrons. The first kappa shape index (κ1) is 15.0. The highest BCUT2D eigenvalue weighted by atomic mass is 35.5. The summed E-state index contributed by atoms with van der Waals surface area (Å²) in [5.41, 5.74) is 0.786. The second kappa shape index (κ2) is 7.40. The highest BCUT2D eigenvalue weighted by Gasteiger charge is 2.10. The molecule has 21 heavy (non-hydrogen) atoms. The van der Waals surface area contributed by atoms with E-state index in [1.165, 1.54) is 0 Å². The Morgan fingerprint density at radius 1 is 0.905 bits per heavy atom. The van der Waals surface area contributed by atoms with E-state index in [0.717, 1.165) is 5.56 Å². The molecule has 0 aliphatic carbocycles. The maximum Gasteiger partial charge on any atom is 0.323 e. The standard InChI is InChI=1S/C15H14ClN3O2/c1-3-9-20-14-17-13(11-5-7-12(16)8-6-11)18-15(19-14)21-10-4-2/h3-8H,1-2,9-10H2. The molecule has 6 heteroatoms. The van der Waals surface area contributed by atoms with Gasteiger partial charge in [0.05, 0.1) is 0 Å². The largest absolute Gasteiger partial charge is 0.459 e. The molecule has 108 valence electrons. The van der Waals surface area contributed by atoms with E-state index in [9.17, 15) is 0 Å². The molecule has 0 N–H and O–H groups in total. The molecule has 0 spiro atoms. The van der Waals surface area contributed by atoms with Crippen molar-refractivity contribution in [1.29, 1.82) is 0 Å². The Bertz CT molecular complexity index is 599. The maximum atomic E-state index is 5.87. The molecule has 0 atom stereocenters. The van der Waals surface area contributed by atoms with Crippen molar-refractivity contribution in [1.82, 2.24) is 15.0 Å². The van der Waals surface area contributed by atoms with E-state index in [0.29, 0.717) is 24.1 Å². The monoisotopic (exact) mass is 303 g/mol. The van der Waals surface area contributed by atoms with Gasteiger partial charge >= 0.3 is 12.0 Å². The van der Waals surface area contributed by atoms with Crippen molar-refractivity contribution >= 4 is 11.6 Å². The summed E-state index contributed by atoms with van der Waals surface area (Å²) in [7, 11) is 0. The van der Waals surface area contributed by atoms with Crippen LogP contribution in [-0.2, 0) is 0 Å². The third-order valence-electron chi connectivity index (χ3n) is 2.36. The van der Waals surface area contributed by atoms with Crippen molar-refractivity contribution in [3.8, 4) is 23.4 Å². The first-order chi connectivity index (χ1) is 10.2. The van der Waals surface area contributed by atoms with E-state index in [2.05, 4.69) is 28.1 Å². The number of hydrogen-bond acceptors (Lipinski definition) is 5. The van der Waals surface area contributed by atoms with Crippen LogP contribution in [0.1, 0.15) is 0 Å². The first-order valence-corrected chi connectivity index (χ1v) is 6.60. The van der Waals surface area contributed by atoms with E-state index >= 15 is 0 Å². The van der Waals surface area contributed by atoms with Gasteiger partial charge in [0.1, 0.15) is 13.2 Å². The molecule has 1 aromatic carbocycles. The SMILES string of the molecule is C=CCOc1nc(OCC=C)nc(-c2ccc(Cl)cc2)n1. The quantitative estimate of drug-likeness (QED) is 0.734. The maximum absolute atomic E-state index is 5.87. The van der Waals surface area contributed by atoms with E-state index in [4.69, 9.17) is 21.1 Å². The van der Waals surface area contributed by atoms with E-state index < -0.39 is 0 Å². The molecule has 0 fully saturated rings. The number of ether oxygens (including phenoxy) is 2. The molecule has 0 amide bonds. The molecule has 0 aliphatic heterocycles. The summed E-state index contributed by atoms with van der Waals surface area (Å²) in [6.45, 7) is 7.76. The summed E-state index contributed by atoms with van der Waals surface area (Å²) in [5.74, 6) is 0.444. The molecule has 0 saturated carbocycles. The highest BCUT2D eigenvalue weighted by Crippen LogP contribution is 2.21. The number of aromatic nitrogens is 3. The average molecular weight is 304 g/mol. The van der Waals surface area contributed by atoms with Crippen LogP contribution in [0.2, 0.25) is 5.02 Å². The lowest BCUT2D eigenvalue weighted by molar-refractivity contribution is 0.298. The van der Waals surface area contributed by atoms with Crippen molar-refractivity contribution < 1.29 is 9.47 Å². The summed E-state index contributed by atoms with van der Waals surface area (Å²) < 4.78 is 10.7. The Labute approximate surface area is 127 Å². The fraction of sp³-hybridized carbons (Fsp3) is 0.133. The number of rotatable bonds is 7. The van der Waals surface area contributed by atoms with Gasteiger partial charge in [0.2, 0.25) is 0 Å². The van der Waals surface area contributed by atoms with Crippen LogP contribution in [0.25, 0.3) is 11.4 Å². The lowest BCUT2D eigenvalue weighted by atomic mass is 10.2. The molecular weight excluding hydrogens is 290 g/mol. The minimum Gasteiger partial charge on any atom is -0.459 e. The number of hydrogen-bond donors (Lipinski definition) is 0. The predicted octanol–water partition coefficient (Wildman–Crippen LogP) is 3.32. The van der Waals surface area contributed by atoms with Gasteiger partial charge < -0.3 is 9.47 Å². The zero-order valence-corrected chi connectivity index (χ0v) is 12.1. The molecule has 5 nitrogen and oxygen atoms in total. The van der Waals surface area contributed by atoms with Crippen molar-refractivity contribution in [3.63, 3.8) is 0 Å². The van der Waals surface area contributed by atoms with Crippen molar-refractivity contribution in [2.75, 3.05) is 13.2 Å². The fourth-order valence-electron chi connectivity index (χ4n) is 1.46. The van der Waals surface area contributed by atoms with E-state index in [-0.39, 0.29) is 12.0 Å². The minimum atomic E-state index is 0.175. The molecule has 0 saturated heterocycles. The number of nitrogens with zero attached hydrogens (tertiary/aromatic N) is 3. The summed E-state index contributed by atoms with van der Waals surface area (Å²) in [4.78, 5) is 12.5. The molecule has 1 aromatic heterocycles. The minimum absolute atomic E-state index is 0.175. The third kappa shape index (κ3) is 4.29. The van der Waals surface area contributed by atoms with Gasteiger partial charge in [-0.2, -0.15) is 9.97 Å². The lowest BCUT2D eigenvalue weighted by Gasteiger charge is -2.07. The van der Waals surface area contributed by atoms with Gasteiger partial charge in [-0.25, -0.2) is 0 Å². The highest BCUT2D eigenvalue weighted by molar-refractivity contribution is 6.30. The number of halogens is 1. The summed E-state index contributed by atoms with van der Waals surface area (Å²) in [6.07, 6.45) is 3.21. The second-order valence-electron chi connectivity index (χ2n) is 3.93. The van der Waals surface area contributed by atoms with Crippen LogP contribution in [0.4, 0.5) is 0 Å². The summed E-state index contributed by atoms with van der Waals surface area (Å²) in [6, 6.07) is 7.49. The van der Waals surface area contributed by atoms with Crippen LogP contribution < -0.4 is 9.47 Å². The van der Waals surface area contributed by atoms with Crippen LogP contribution in [0.15, 0.2) is 49.6 Å². The molecule has 0 bridgehead atoms. The van der Waals surface area contributed by atoms with Crippen molar-refractivity contribution in [3.05, 3.63) is 54.6 Å². The summed E-state index contributed by atoms with van der Waals surface area (Å²) in [5, 5.41) is 0.638. The Balaban J connectivity index is 2.35. The zero-order valence-electron chi connectivity index (χ0n) is 11.3. The van der Waals surface area contributed by atoms with Gasteiger partial charge in [0.15, 0.2) is 5.82 Å².